The van der Waals surface area contributed by atoms with Gasteiger partial charge in [0.2, 0.25) is 10.0 Å². The topological polar surface area (TPSA) is 84.5 Å². The van der Waals surface area contributed by atoms with Gasteiger partial charge in [0.25, 0.3) is 0 Å². The molecule has 1 aliphatic rings. The zero-order valence-electron chi connectivity index (χ0n) is 12.8. The molecular weight excluding hydrogens is 290 g/mol. The van der Waals surface area contributed by atoms with Gasteiger partial charge in [0.15, 0.2) is 0 Å². The molecule has 2 N–H and O–H groups in total. The van der Waals surface area contributed by atoms with Crippen LogP contribution >= 0.6 is 0 Å². The number of piperazine rings is 1. The van der Waals surface area contributed by atoms with E-state index in [0.717, 1.165) is 19.5 Å². The molecule has 0 aromatic carbocycles. The third-order valence-electron chi connectivity index (χ3n) is 3.84. The maximum absolute atomic E-state index is 12.6. The summed E-state index contributed by atoms with van der Waals surface area (Å²) in [5.41, 5.74) is 5.45. The standard InChI is InChI=1S/C13H25N5O2S/c1-12(2)16-6-8-18(9-7-16)21(19,20)13-10-15-17(11-13)5-3-4-14/h10-12H,3-9,14H2,1-2H3. The zero-order chi connectivity index (χ0) is 15.5. The Morgan fingerprint density at radius 3 is 2.52 bits per heavy atom. The van der Waals surface area contributed by atoms with Gasteiger partial charge in [0, 0.05) is 45.0 Å². The van der Waals surface area contributed by atoms with Crippen molar-refractivity contribution in [1.82, 2.24) is 19.0 Å². The molecule has 0 saturated carbocycles. The maximum atomic E-state index is 12.6. The van der Waals surface area contributed by atoms with Crippen molar-refractivity contribution in [3.8, 4) is 0 Å². The summed E-state index contributed by atoms with van der Waals surface area (Å²) >= 11 is 0. The van der Waals surface area contributed by atoms with E-state index in [-0.39, 0.29) is 4.90 Å². The Morgan fingerprint density at radius 1 is 1.29 bits per heavy atom. The highest BCUT2D eigenvalue weighted by Crippen LogP contribution is 2.17. The van der Waals surface area contributed by atoms with Crippen molar-refractivity contribution < 1.29 is 8.42 Å². The second-order valence-corrected chi connectivity index (χ2v) is 7.55. The van der Waals surface area contributed by atoms with E-state index < -0.39 is 10.0 Å². The van der Waals surface area contributed by atoms with Crippen LogP contribution in [0.4, 0.5) is 0 Å². The third kappa shape index (κ3) is 3.82. The molecule has 1 aromatic heterocycles. The second-order valence-electron chi connectivity index (χ2n) is 5.62. The summed E-state index contributed by atoms with van der Waals surface area (Å²) < 4.78 is 28.4. The molecule has 2 heterocycles. The molecule has 2 rings (SSSR count). The summed E-state index contributed by atoms with van der Waals surface area (Å²) in [6.45, 7) is 8.10. The number of rotatable bonds is 6. The Morgan fingerprint density at radius 2 is 1.95 bits per heavy atom. The first kappa shape index (κ1) is 16.4. The van der Waals surface area contributed by atoms with E-state index in [1.807, 2.05) is 0 Å². The highest BCUT2D eigenvalue weighted by atomic mass is 32.2. The molecular formula is C13H25N5O2S. The summed E-state index contributed by atoms with van der Waals surface area (Å²) in [4.78, 5) is 2.56. The molecule has 1 fully saturated rings. The fourth-order valence-electron chi connectivity index (χ4n) is 2.46. The summed E-state index contributed by atoms with van der Waals surface area (Å²) in [6, 6.07) is 0.453. The van der Waals surface area contributed by atoms with Gasteiger partial charge in [-0.15, -0.1) is 0 Å². The lowest BCUT2D eigenvalue weighted by Crippen LogP contribution is -2.50. The average molecular weight is 315 g/mol. The quantitative estimate of drug-likeness (QED) is 0.795. The largest absolute Gasteiger partial charge is 0.330 e. The molecule has 0 amide bonds. The number of aromatic nitrogens is 2. The third-order valence-corrected chi connectivity index (χ3v) is 5.69. The molecule has 0 aliphatic carbocycles. The highest BCUT2D eigenvalue weighted by molar-refractivity contribution is 7.89. The molecule has 8 heteroatoms. The van der Waals surface area contributed by atoms with Crippen LogP contribution in [0.3, 0.4) is 0 Å². The molecule has 0 spiro atoms. The van der Waals surface area contributed by atoms with E-state index in [4.69, 9.17) is 5.73 Å². The predicted octanol–water partition coefficient (Wildman–Crippen LogP) is -0.0534. The molecule has 1 saturated heterocycles. The fraction of sp³-hybridized carbons (Fsp3) is 0.769. The van der Waals surface area contributed by atoms with E-state index >= 15 is 0 Å². The van der Waals surface area contributed by atoms with Gasteiger partial charge in [-0.2, -0.15) is 9.40 Å². The van der Waals surface area contributed by atoms with Gasteiger partial charge in [-0.3, -0.25) is 9.58 Å². The number of nitrogens with two attached hydrogens (primary N) is 1. The molecule has 1 aromatic rings. The van der Waals surface area contributed by atoms with Crippen molar-refractivity contribution >= 4 is 10.0 Å². The number of nitrogens with zero attached hydrogens (tertiary/aromatic N) is 4. The lowest BCUT2D eigenvalue weighted by atomic mass is 10.3. The van der Waals surface area contributed by atoms with Crippen LogP contribution in [0.5, 0.6) is 0 Å². The first-order valence-electron chi connectivity index (χ1n) is 7.42. The molecule has 0 unspecified atom stereocenters. The number of hydrogen-bond acceptors (Lipinski definition) is 5. The monoisotopic (exact) mass is 315 g/mol. The van der Waals surface area contributed by atoms with Crippen LogP contribution in [0.15, 0.2) is 17.3 Å². The fourth-order valence-corrected chi connectivity index (χ4v) is 3.84. The van der Waals surface area contributed by atoms with Crippen LogP contribution in [0.2, 0.25) is 0 Å². The van der Waals surface area contributed by atoms with Crippen molar-refractivity contribution in [3.63, 3.8) is 0 Å². The summed E-state index contributed by atoms with van der Waals surface area (Å²) in [5.74, 6) is 0. The SMILES string of the molecule is CC(C)N1CCN(S(=O)(=O)c2cnn(CCCN)c2)CC1. The highest BCUT2D eigenvalue weighted by Gasteiger charge is 2.30. The van der Waals surface area contributed by atoms with Crippen LogP contribution in [-0.4, -0.2) is 66.2 Å². The van der Waals surface area contributed by atoms with Gasteiger partial charge in [-0.1, -0.05) is 0 Å². The minimum atomic E-state index is -3.42. The van der Waals surface area contributed by atoms with E-state index in [2.05, 4.69) is 23.8 Å². The van der Waals surface area contributed by atoms with Crippen molar-refractivity contribution in [2.24, 2.45) is 5.73 Å². The van der Waals surface area contributed by atoms with Gasteiger partial charge in [-0.05, 0) is 26.8 Å². The predicted molar refractivity (Wildman–Crippen MR) is 81.4 cm³/mol. The average Bonchev–Trinajstić information content (AvgIpc) is 2.94. The molecule has 120 valence electrons. The van der Waals surface area contributed by atoms with Crippen LogP contribution in [-0.2, 0) is 16.6 Å². The molecule has 1 aliphatic heterocycles. The van der Waals surface area contributed by atoms with Gasteiger partial charge in [0.05, 0.1) is 6.20 Å². The molecule has 0 radical (unpaired) electrons. The Hall–Kier alpha value is -0.960. The molecule has 0 bridgehead atoms. The van der Waals surface area contributed by atoms with E-state index in [1.165, 1.54) is 6.20 Å². The van der Waals surface area contributed by atoms with Crippen molar-refractivity contribution in [1.29, 1.82) is 0 Å². The van der Waals surface area contributed by atoms with Gasteiger partial charge in [0.1, 0.15) is 4.90 Å². The number of hydrogen-bond donors (Lipinski definition) is 1. The normalized spacial score (nSPS) is 18.5. The lowest BCUT2D eigenvalue weighted by molar-refractivity contribution is 0.154. The zero-order valence-corrected chi connectivity index (χ0v) is 13.6. The Labute approximate surface area is 126 Å². The first-order valence-corrected chi connectivity index (χ1v) is 8.86. The summed E-state index contributed by atoms with van der Waals surface area (Å²) in [6.07, 6.45) is 3.81. The second kappa shape index (κ2) is 6.87. The van der Waals surface area contributed by atoms with Crippen LogP contribution in [0.25, 0.3) is 0 Å². The Bertz CT molecular complexity index is 547. The minimum absolute atomic E-state index is 0.275. The molecule has 7 nitrogen and oxygen atoms in total. The van der Waals surface area contributed by atoms with Gasteiger partial charge >= 0.3 is 0 Å². The maximum Gasteiger partial charge on any atom is 0.246 e. The first-order chi connectivity index (χ1) is 9.95. The molecule has 0 atom stereocenters. The molecule has 21 heavy (non-hydrogen) atoms. The Balaban J connectivity index is 2.03. The number of aryl methyl sites for hydroxylation is 1. The van der Waals surface area contributed by atoms with E-state index in [9.17, 15) is 8.42 Å². The van der Waals surface area contributed by atoms with Crippen molar-refractivity contribution in [3.05, 3.63) is 12.4 Å². The van der Waals surface area contributed by atoms with Crippen LogP contribution in [0.1, 0.15) is 20.3 Å². The smallest absolute Gasteiger partial charge is 0.246 e. The van der Waals surface area contributed by atoms with Crippen molar-refractivity contribution in [2.45, 2.75) is 37.8 Å². The number of sulfonamides is 1. The summed E-state index contributed by atoms with van der Waals surface area (Å²) in [5, 5.41) is 4.10. The lowest BCUT2D eigenvalue weighted by Gasteiger charge is -2.35. The van der Waals surface area contributed by atoms with Crippen LogP contribution < -0.4 is 5.73 Å². The van der Waals surface area contributed by atoms with Crippen LogP contribution in [0, 0.1) is 0 Å². The van der Waals surface area contributed by atoms with E-state index in [0.29, 0.717) is 32.2 Å². The summed E-state index contributed by atoms with van der Waals surface area (Å²) in [7, 11) is -3.42. The van der Waals surface area contributed by atoms with Crippen molar-refractivity contribution in [2.75, 3.05) is 32.7 Å². The Kier molecular flexibility index (Phi) is 5.37. The van der Waals surface area contributed by atoms with Gasteiger partial charge in [-0.25, -0.2) is 8.42 Å². The van der Waals surface area contributed by atoms with Gasteiger partial charge < -0.3 is 5.73 Å². The van der Waals surface area contributed by atoms with E-state index in [1.54, 1.807) is 15.2 Å². The minimum Gasteiger partial charge on any atom is -0.330 e.